The number of ether oxygens (including phenoxy) is 1. The highest BCUT2D eigenvalue weighted by Crippen LogP contribution is 2.25. The molecule has 1 aliphatic heterocycles. The summed E-state index contributed by atoms with van der Waals surface area (Å²) in [7, 11) is 0. The molecule has 0 unspecified atom stereocenters. The fourth-order valence-electron chi connectivity index (χ4n) is 3.02. The molecule has 1 fully saturated rings. The number of hydrogen-bond donors (Lipinski definition) is 0. The van der Waals surface area contributed by atoms with E-state index in [0.29, 0.717) is 11.1 Å². The Bertz CT molecular complexity index is 874. The van der Waals surface area contributed by atoms with Crippen LogP contribution in [0.3, 0.4) is 0 Å². The summed E-state index contributed by atoms with van der Waals surface area (Å²) in [5, 5.41) is 9.65. The number of morpholine rings is 1. The monoisotopic (exact) mass is 401 g/mol. The zero-order valence-corrected chi connectivity index (χ0v) is 16.3. The van der Waals surface area contributed by atoms with Gasteiger partial charge in [0.15, 0.2) is 0 Å². The van der Waals surface area contributed by atoms with Crippen molar-refractivity contribution >= 4 is 23.4 Å². The second kappa shape index (κ2) is 8.89. The van der Waals surface area contributed by atoms with E-state index in [-0.39, 0.29) is 6.10 Å². The van der Waals surface area contributed by atoms with E-state index >= 15 is 0 Å². The molecule has 1 atom stereocenters. The van der Waals surface area contributed by atoms with Crippen molar-refractivity contribution in [2.75, 3.05) is 25.4 Å². The summed E-state index contributed by atoms with van der Waals surface area (Å²) >= 11 is 7.82. The Hall–Kier alpha value is -1.86. The lowest BCUT2D eigenvalue weighted by molar-refractivity contribution is -0.0187. The first-order chi connectivity index (χ1) is 13.3. The van der Waals surface area contributed by atoms with E-state index in [1.807, 2.05) is 48.5 Å². The number of benzene rings is 2. The maximum Gasteiger partial charge on any atom is 0.276 e. The van der Waals surface area contributed by atoms with E-state index in [9.17, 15) is 0 Å². The number of nitrogens with zero attached hydrogens (tertiary/aromatic N) is 3. The Morgan fingerprint density at radius 2 is 1.89 bits per heavy atom. The summed E-state index contributed by atoms with van der Waals surface area (Å²) in [5.74, 6) is 1.32. The Kier molecular flexibility index (Phi) is 6.09. The Morgan fingerprint density at radius 1 is 1.07 bits per heavy atom. The van der Waals surface area contributed by atoms with Crippen LogP contribution in [0.2, 0.25) is 5.02 Å². The molecule has 0 amide bonds. The third-order valence-corrected chi connectivity index (χ3v) is 5.71. The molecular formula is C20H20ClN3O2S. The van der Waals surface area contributed by atoms with Crippen LogP contribution in [0.1, 0.15) is 5.56 Å². The van der Waals surface area contributed by atoms with Crippen LogP contribution >= 0.6 is 23.4 Å². The van der Waals surface area contributed by atoms with Gasteiger partial charge in [-0.05, 0) is 23.8 Å². The summed E-state index contributed by atoms with van der Waals surface area (Å²) in [5.41, 5.74) is 2.08. The molecule has 1 saturated heterocycles. The molecule has 0 saturated carbocycles. The third kappa shape index (κ3) is 4.90. The first kappa shape index (κ1) is 18.5. The van der Waals surface area contributed by atoms with Gasteiger partial charge in [0, 0.05) is 36.0 Å². The zero-order valence-electron chi connectivity index (χ0n) is 14.8. The van der Waals surface area contributed by atoms with Crippen molar-refractivity contribution in [1.29, 1.82) is 0 Å². The van der Waals surface area contributed by atoms with Gasteiger partial charge in [-0.3, -0.25) is 4.90 Å². The molecule has 2 heterocycles. The second-order valence-electron chi connectivity index (χ2n) is 6.37. The SMILES string of the molecule is Clc1ccccc1CN1CCO[C@H](CSc2nnc(-c3ccccc3)o2)C1. The van der Waals surface area contributed by atoms with Crippen molar-refractivity contribution in [2.24, 2.45) is 0 Å². The van der Waals surface area contributed by atoms with Crippen LogP contribution in [-0.4, -0.2) is 46.7 Å². The first-order valence-electron chi connectivity index (χ1n) is 8.87. The molecule has 2 aromatic carbocycles. The normalized spacial score (nSPS) is 17.9. The number of hydrogen-bond acceptors (Lipinski definition) is 6. The molecule has 1 aromatic heterocycles. The van der Waals surface area contributed by atoms with Gasteiger partial charge in [-0.2, -0.15) is 0 Å². The van der Waals surface area contributed by atoms with Crippen molar-refractivity contribution in [2.45, 2.75) is 17.9 Å². The van der Waals surface area contributed by atoms with Gasteiger partial charge < -0.3 is 9.15 Å². The average molecular weight is 402 g/mol. The van der Waals surface area contributed by atoms with E-state index in [0.717, 1.165) is 48.1 Å². The van der Waals surface area contributed by atoms with E-state index in [1.54, 1.807) is 0 Å². The largest absolute Gasteiger partial charge is 0.411 e. The van der Waals surface area contributed by atoms with E-state index in [4.69, 9.17) is 20.8 Å². The fourth-order valence-corrected chi connectivity index (χ4v) is 3.98. The molecule has 0 bridgehead atoms. The molecule has 0 radical (unpaired) electrons. The summed E-state index contributed by atoms with van der Waals surface area (Å²) in [6.45, 7) is 3.32. The molecule has 4 rings (SSSR count). The van der Waals surface area contributed by atoms with Crippen LogP contribution in [0.25, 0.3) is 11.5 Å². The molecule has 7 heteroatoms. The van der Waals surface area contributed by atoms with E-state index in [2.05, 4.69) is 21.2 Å². The summed E-state index contributed by atoms with van der Waals surface area (Å²) in [4.78, 5) is 2.37. The molecule has 0 spiro atoms. The van der Waals surface area contributed by atoms with Gasteiger partial charge in [0.25, 0.3) is 5.22 Å². The summed E-state index contributed by atoms with van der Waals surface area (Å²) in [6.07, 6.45) is 0.123. The van der Waals surface area contributed by atoms with Gasteiger partial charge in [0.2, 0.25) is 5.89 Å². The van der Waals surface area contributed by atoms with Crippen LogP contribution in [0.5, 0.6) is 0 Å². The van der Waals surface area contributed by atoms with Gasteiger partial charge in [-0.15, -0.1) is 10.2 Å². The molecule has 1 aliphatic rings. The van der Waals surface area contributed by atoms with Crippen molar-refractivity contribution in [3.05, 3.63) is 65.2 Å². The van der Waals surface area contributed by atoms with Gasteiger partial charge >= 0.3 is 0 Å². The van der Waals surface area contributed by atoms with Crippen LogP contribution in [0.15, 0.2) is 64.2 Å². The molecular weight excluding hydrogens is 382 g/mol. The number of thioether (sulfide) groups is 1. The van der Waals surface area contributed by atoms with Crippen molar-refractivity contribution in [1.82, 2.24) is 15.1 Å². The number of rotatable bonds is 6. The highest BCUT2D eigenvalue weighted by molar-refractivity contribution is 7.99. The van der Waals surface area contributed by atoms with Gasteiger partial charge in [0.1, 0.15) is 0 Å². The van der Waals surface area contributed by atoms with Gasteiger partial charge in [0.05, 0.1) is 12.7 Å². The predicted molar refractivity (Wildman–Crippen MR) is 107 cm³/mol. The lowest BCUT2D eigenvalue weighted by atomic mass is 10.2. The van der Waals surface area contributed by atoms with Gasteiger partial charge in [-0.25, -0.2) is 0 Å². The molecule has 5 nitrogen and oxygen atoms in total. The zero-order chi connectivity index (χ0) is 18.5. The smallest absolute Gasteiger partial charge is 0.276 e. The Labute approximate surface area is 167 Å². The molecule has 140 valence electrons. The molecule has 0 aliphatic carbocycles. The predicted octanol–water partition coefficient (Wildman–Crippen LogP) is 4.38. The molecule has 27 heavy (non-hydrogen) atoms. The number of aromatic nitrogens is 2. The first-order valence-corrected chi connectivity index (χ1v) is 10.2. The lowest BCUT2D eigenvalue weighted by Crippen LogP contribution is -2.43. The molecule has 3 aromatic rings. The topological polar surface area (TPSA) is 51.4 Å². The Morgan fingerprint density at radius 3 is 2.74 bits per heavy atom. The summed E-state index contributed by atoms with van der Waals surface area (Å²) in [6, 6.07) is 17.8. The van der Waals surface area contributed by atoms with Crippen molar-refractivity contribution < 1.29 is 9.15 Å². The average Bonchev–Trinajstić information content (AvgIpc) is 3.18. The quantitative estimate of drug-likeness (QED) is 0.571. The summed E-state index contributed by atoms with van der Waals surface area (Å²) < 4.78 is 11.7. The molecule has 0 N–H and O–H groups in total. The van der Waals surface area contributed by atoms with Crippen molar-refractivity contribution in [3.8, 4) is 11.5 Å². The van der Waals surface area contributed by atoms with Crippen molar-refractivity contribution in [3.63, 3.8) is 0 Å². The van der Waals surface area contributed by atoms with Crippen LogP contribution in [-0.2, 0) is 11.3 Å². The van der Waals surface area contributed by atoms with E-state index in [1.165, 1.54) is 11.8 Å². The van der Waals surface area contributed by atoms with Crippen LogP contribution < -0.4 is 0 Å². The van der Waals surface area contributed by atoms with Crippen LogP contribution in [0, 0.1) is 0 Å². The minimum absolute atomic E-state index is 0.123. The maximum atomic E-state index is 6.28. The second-order valence-corrected chi connectivity index (χ2v) is 7.75. The van der Waals surface area contributed by atoms with Gasteiger partial charge in [-0.1, -0.05) is 59.8 Å². The Balaban J connectivity index is 1.31. The number of halogens is 1. The highest BCUT2D eigenvalue weighted by atomic mass is 35.5. The standard InChI is InChI=1S/C20H20ClN3O2S/c21-18-9-5-4-8-16(18)12-24-10-11-25-17(13-24)14-27-20-23-22-19(26-20)15-6-2-1-3-7-15/h1-9,17H,10-14H2/t17-/m0/s1. The third-order valence-electron chi connectivity index (χ3n) is 4.39. The minimum Gasteiger partial charge on any atom is -0.411 e. The van der Waals surface area contributed by atoms with Crippen LogP contribution in [0.4, 0.5) is 0 Å². The van der Waals surface area contributed by atoms with E-state index < -0.39 is 0 Å². The minimum atomic E-state index is 0.123. The highest BCUT2D eigenvalue weighted by Gasteiger charge is 2.22. The lowest BCUT2D eigenvalue weighted by Gasteiger charge is -2.32. The fraction of sp³-hybridized carbons (Fsp3) is 0.300. The maximum absolute atomic E-state index is 6.28.